The second-order valence-electron chi connectivity index (χ2n) is 17.1. The quantitative estimate of drug-likeness (QED) is 0.128. The molecule has 0 saturated heterocycles. The molecular formula is C53H63P3. The van der Waals surface area contributed by atoms with Crippen LogP contribution >= 0.6 is 27.7 Å². The molecule has 56 heavy (non-hydrogen) atoms. The van der Waals surface area contributed by atoms with Gasteiger partial charge in [-0.1, -0.05) is 116 Å². The van der Waals surface area contributed by atoms with Gasteiger partial charge in [-0.05, 0) is 183 Å². The highest BCUT2D eigenvalue weighted by molar-refractivity contribution is 7.22. The van der Waals surface area contributed by atoms with E-state index in [2.05, 4.69) is 227 Å². The first-order valence-electron chi connectivity index (χ1n) is 20.1. The van der Waals surface area contributed by atoms with Crippen molar-refractivity contribution in [3.05, 3.63) is 209 Å². The first-order valence-corrected chi connectivity index (χ1v) is 21.8. The lowest BCUT2D eigenvalue weighted by atomic mass is 9.47. The van der Waals surface area contributed by atoms with Crippen LogP contribution in [-0.2, 0) is 15.5 Å². The normalized spacial score (nSPS) is 12.6. The van der Waals surface area contributed by atoms with Gasteiger partial charge in [0.15, 0.2) is 0 Å². The summed E-state index contributed by atoms with van der Waals surface area (Å²) in [5, 5.41) is -2.10. The molecule has 0 heterocycles. The van der Waals surface area contributed by atoms with E-state index in [-0.39, 0.29) is 0 Å². The highest BCUT2D eigenvalue weighted by Crippen LogP contribution is 2.77. The molecule has 0 nitrogen and oxygen atoms in total. The van der Waals surface area contributed by atoms with Crippen LogP contribution in [0.3, 0.4) is 0 Å². The third-order valence-corrected chi connectivity index (χ3v) is 17.1. The Morgan fingerprint density at radius 1 is 0.250 bits per heavy atom. The molecule has 0 fully saturated rings. The van der Waals surface area contributed by atoms with E-state index in [0.29, 0.717) is 0 Å². The highest BCUT2D eigenvalue weighted by Gasteiger charge is 2.70. The standard InChI is InChI=1S/C53H63P3/c1-32-20-14-21-33(2)44(32)51(54,45-34(3)22-15-23-35(45)4)50(13,52(55,46-36(5)24-16-25-37(46)6)47-38(7)26-17-27-39(47)8)53(56,48-40(9)28-18-29-41(48)10)49-42(11)30-19-31-43(49)12/h14-31H,54-56H2,1-13H3. The molecule has 0 amide bonds. The van der Waals surface area contributed by atoms with E-state index >= 15 is 0 Å². The summed E-state index contributed by atoms with van der Waals surface area (Å²) in [4.78, 5) is 0. The zero-order valence-electron chi connectivity index (χ0n) is 36.1. The van der Waals surface area contributed by atoms with E-state index in [1.807, 2.05) is 0 Å². The molecular weight excluding hydrogens is 730 g/mol. The minimum absolute atomic E-state index is 0.700. The van der Waals surface area contributed by atoms with E-state index in [0.717, 1.165) is 0 Å². The fourth-order valence-corrected chi connectivity index (χ4v) is 16.0. The van der Waals surface area contributed by atoms with E-state index in [9.17, 15) is 0 Å². The SMILES string of the molecule is Cc1cccc(C)c1C(P)(c1c(C)cccc1C)C(C)(C(P)(c1c(C)cccc1C)c1c(C)cccc1C)C(P)(c1c(C)cccc1C)c1c(C)cccc1C. The largest absolute Gasteiger partial charge is 0.121 e. The Morgan fingerprint density at radius 3 is 0.464 bits per heavy atom. The number of benzene rings is 6. The molecule has 3 heteroatoms. The van der Waals surface area contributed by atoms with Crippen LogP contribution < -0.4 is 0 Å². The van der Waals surface area contributed by atoms with E-state index in [4.69, 9.17) is 0 Å². The Labute approximate surface area is 346 Å². The molecule has 6 aromatic rings. The van der Waals surface area contributed by atoms with Gasteiger partial charge in [-0.25, -0.2) is 0 Å². The Balaban J connectivity index is 2.13. The van der Waals surface area contributed by atoms with E-state index in [1.165, 1.54) is 100 Å². The maximum Gasteiger partial charge on any atom is 0.0438 e. The Kier molecular flexibility index (Phi) is 11.6. The van der Waals surface area contributed by atoms with Crippen molar-refractivity contribution in [2.45, 2.75) is 105 Å². The molecule has 6 aromatic carbocycles. The van der Waals surface area contributed by atoms with Crippen LogP contribution in [0.15, 0.2) is 109 Å². The van der Waals surface area contributed by atoms with E-state index < -0.39 is 20.9 Å². The number of hydrogen-bond acceptors (Lipinski definition) is 0. The van der Waals surface area contributed by atoms with Crippen LogP contribution in [-0.4, -0.2) is 0 Å². The first kappa shape index (κ1) is 42.2. The number of rotatable bonds is 9. The van der Waals surface area contributed by atoms with E-state index in [1.54, 1.807) is 0 Å². The van der Waals surface area contributed by atoms with Crippen LogP contribution in [0.2, 0.25) is 0 Å². The highest BCUT2D eigenvalue weighted by atomic mass is 31.0. The Bertz CT molecular complexity index is 1920. The predicted molar refractivity (Wildman–Crippen MR) is 255 cm³/mol. The Hall–Kier alpha value is -3.39. The minimum Gasteiger partial charge on any atom is -0.121 e. The average molecular weight is 793 g/mol. The van der Waals surface area contributed by atoms with Crippen molar-refractivity contribution in [2.24, 2.45) is 5.41 Å². The molecule has 0 aliphatic rings. The minimum atomic E-state index is -0.734. The summed E-state index contributed by atoms with van der Waals surface area (Å²) in [6.45, 7) is 30.7. The second kappa shape index (κ2) is 15.4. The summed E-state index contributed by atoms with van der Waals surface area (Å²) in [7, 11) is 11.1. The smallest absolute Gasteiger partial charge is 0.0438 e. The monoisotopic (exact) mass is 792 g/mol. The molecule has 0 N–H and O–H groups in total. The number of hydrogen-bond donors (Lipinski definition) is 0. The Morgan fingerprint density at radius 2 is 0.357 bits per heavy atom. The van der Waals surface area contributed by atoms with Gasteiger partial charge in [-0.15, -0.1) is 27.7 Å². The van der Waals surface area contributed by atoms with Gasteiger partial charge in [0.2, 0.25) is 0 Å². The molecule has 3 unspecified atom stereocenters. The van der Waals surface area contributed by atoms with Crippen molar-refractivity contribution >= 4 is 27.7 Å². The van der Waals surface area contributed by atoms with Crippen molar-refractivity contribution in [1.82, 2.24) is 0 Å². The van der Waals surface area contributed by atoms with Crippen LogP contribution in [0.1, 0.15) is 107 Å². The van der Waals surface area contributed by atoms with Gasteiger partial charge in [-0.3, -0.25) is 0 Å². The summed E-state index contributed by atoms with van der Waals surface area (Å²) >= 11 is 0. The summed E-state index contributed by atoms with van der Waals surface area (Å²) in [6.07, 6.45) is 0. The van der Waals surface area contributed by atoms with Crippen molar-refractivity contribution in [3.8, 4) is 0 Å². The van der Waals surface area contributed by atoms with Crippen molar-refractivity contribution in [2.75, 3.05) is 0 Å². The van der Waals surface area contributed by atoms with Gasteiger partial charge in [0.1, 0.15) is 0 Å². The lowest BCUT2D eigenvalue weighted by Crippen LogP contribution is -2.63. The molecule has 0 aliphatic heterocycles. The van der Waals surface area contributed by atoms with Crippen molar-refractivity contribution < 1.29 is 0 Å². The predicted octanol–water partition coefficient (Wildman–Crippen LogP) is 14.2. The third kappa shape index (κ3) is 6.04. The maximum atomic E-state index is 3.71. The molecule has 0 bridgehead atoms. The lowest BCUT2D eigenvalue weighted by Gasteiger charge is -2.67. The summed E-state index contributed by atoms with van der Waals surface area (Å²) in [6, 6.07) is 41.4. The van der Waals surface area contributed by atoms with Gasteiger partial charge in [0.25, 0.3) is 0 Å². The second-order valence-corrected chi connectivity index (χ2v) is 19.7. The van der Waals surface area contributed by atoms with Gasteiger partial charge in [0.05, 0.1) is 0 Å². The summed E-state index contributed by atoms with van der Waals surface area (Å²) < 4.78 is 0. The van der Waals surface area contributed by atoms with Crippen LogP contribution in [0.25, 0.3) is 0 Å². The zero-order chi connectivity index (χ0) is 41.1. The molecule has 0 aromatic heterocycles. The average Bonchev–Trinajstić information content (AvgIpc) is 3.10. The van der Waals surface area contributed by atoms with Gasteiger partial charge in [0, 0.05) is 20.9 Å². The maximum absolute atomic E-state index is 3.71. The van der Waals surface area contributed by atoms with Crippen LogP contribution in [0, 0.1) is 88.5 Å². The summed E-state index contributed by atoms with van der Waals surface area (Å²) in [5.41, 5.74) is 22.9. The van der Waals surface area contributed by atoms with Gasteiger partial charge in [-0.2, -0.15) is 0 Å². The molecule has 0 aliphatic carbocycles. The summed E-state index contributed by atoms with van der Waals surface area (Å²) in [5.74, 6) is 0. The molecule has 290 valence electrons. The van der Waals surface area contributed by atoms with Gasteiger partial charge < -0.3 is 0 Å². The van der Waals surface area contributed by atoms with Crippen LogP contribution in [0.4, 0.5) is 0 Å². The first-order chi connectivity index (χ1) is 26.3. The molecule has 3 atom stereocenters. The topological polar surface area (TPSA) is 0 Å². The molecule has 0 spiro atoms. The number of aryl methyl sites for hydroxylation is 12. The van der Waals surface area contributed by atoms with Crippen molar-refractivity contribution in [3.63, 3.8) is 0 Å². The third-order valence-electron chi connectivity index (χ3n) is 13.6. The fraction of sp³-hybridized carbons (Fsp3) is 0.321. The van der Waals surface area contributed by atoms with Crippen molar-refractivity contribution in [1.29, 1.82) is 0 Å². The molecule has 0 radical (unpaired) electrons. The zero-order valence-corrected chi connectivity index (χ0v) is 39.6. The fourth-order valence-electron chi connectivity index (χ4n) is 11.4. The van der Waals surface area contributed by atoms with Crippen LogP contribution in [0.5, 0.6) is 0 Å². The molecule has 0 saturated carbocycles. The lowest BCUT2D eigenvalue weighted by molar-refractivity contribution is 0.137. The van der Waals surface area contributed by atoms with Gasteiger partial charge >= 0.3 is 0 Å². The molecule has 6 rings (SSSR count).